The fourth-order valence-corrected chi connectivity index (χ4v) is 4.54. The average Bonchev–Trinajstić information content (AvgIpc) is 3.32. The van der Waals surface area contributed by atoms with Crippen LogP contribution < -0.4 is 10.9 Å². The third-order valence-corrected chi connectivity index (χ3v) is 6.41. The van der Waals surface area contributed by atoms with Crippen LogP contribution >= 0.6 is 11.6 Å². The summed E-state index contributed by atoms with van der Waals surface area (Å²) < 4.78 is 0. The van der Waals surface area contributed by atoms with Crippen molar-refractivity contribution in [1.82, 2.24) is 15.2 Å². The van der Waals surface area contributed by atoms with Crippen molar-refractivity contribution in [3.63, 3.8) is 0 Å². The van der Waals surface area contributed by atoms with Gasteiger partial charge in [-0.3, -0.25) is 14.4 Å². The molecule has 0 radical (unpaired) electrons. The molecule has 6 nitrogen and oxygen atoms in total. The Bertz CT molecular complexity index is 1180. The minimum atomic E-state index is -0.725. The van der Waals surface area contributed by atoms with Crippen LogP contribution in [0.2, 0.25) is 5.02 Å². The maximum absolute atomic E-state index is 13.2. The van der Waals surface area contributed by atoms with Gasteiger partial charge in [0.15, 0.2) is 5.78 Å². The summed E-state index contributed by atoms with van der Waals surface area (Å²) in [5.41, 5.74) is 1.66. The topological polar surface area (TPSA) is 82.3 Å². The summed E-state index contributed by atoms with van der Waals surface area (Å²) in [6, 6.07) is 14.8. The zero-order valence-electron chi connectivity index (χ0n) is 18.5. The van der Waals surface area contributed by atoms with Crippen LogP contribution in [0.1, 0.15) is 41.6 Å². The van der Waals surface area contributed by atoms with Gasteiger partial charge in [-0.1, -0.05) is 29.8 Å². The second-order valence-electron chi connectivity index (χ2n) is 8.56. The molecular formula is C26H28ClN3O3. The van der Waals surface area contributed by atoms with E-state index >= 15 is 0 Å². The number of amides is 1. The SMILES string of the molecule is O=C(NC(Cc1cc(=O)[nH]c2ccccc12)C(=O)CCCN1CCCC1)c1ccc(Cl)cc1. The number of rotatable bonds is 9. The van der Waals surface area contributed by atoms with Crippen molar-refractivity contribution in [2.75, 3.05) is 19.6 Å². The van der Waals surface area contributed by atoms with E-state index in [1.54, 1.807) is 24.3 Å². The van der Waals surface area contributed by atoms with Crippen molar-refractivity contribution in [3.05, 3.63) is 81.1 Å². The fraction of sp³-hybridized carbons (Fsp3) is 0.346. The molecule has 0 bridgehead atoms. The molecule has 1 aliphatic heterocycles. The molecule has 1 aromatic heterocycles. The molecule has 2 N–H and O–H groups in total. The van der Waals surface area contributed by atoms with Gasteiger partial charge in [0, 0.05) is 40.4 Å². The summed E-state index contributed by atoms with van der Waals surface area (Å²) in [4.78, 5) is 43.5. The largest absolute Gasteiger partial charge is 0.342 e. The number of fused-ring (bicyclic) bond motifs is 1. The number of nitrogens with zero attached hydrogens (tertiary/aromatic N) is 1. The van der Waals surface area contributed by atoms with Gasteiger partial charge in [-0.2, -0.15) is 0 Å². The van der Waals surface area contributed by atoms with Crippen LogP contribution in [0.25, 0.3) is 10.9 Å². The van der Waals surface area contributed by atoms with Crippen LogP contribution in [0.15, 0.2) is 59.4 Å². The summed E-state index contributed by atoms with van der Waals surface area (Å²) in [7, 11) is 0. The molecule has 0 aliphatic carbocycles. The van der Waals surface area contributed by atoms with E-state index in [0.29, 0.717) is 22.5 Å². The Hall–Kier alpha value is -2.96. The number of carbonyl (C=O) groups is 2. The highest BCUT2D eigenvalue weighted by atomic mass is 35.5. The number of aromatic nitrogens is 1. The lowest BCUT2D eigenvalue weighted by molar-refractivity contribution is -0.121. The standard InChI is InChI=1S/C26H28ClN3O3/c27-20-11-9-18(10-12-20)26(33)29-23(24(31)8-5-15-30-13-3-4-14-30)16-19-17-25(32)28-22-7-2-1-6-21(19)22/h1-2,6-7,9-12,17,23H,3-5,8,13-16H2,(H,28,32)(H,29,33). The quantitative estimate of drug-likeness (QED) is 0.501. The number of pyridine rings is 1. The Morgan fingerprint density at radius 2 is 1.79 bits per heavy atom. The number of ketones is 1. The van der Waals surface area contributed by atoms with Gasteiger partial charge in [0.25, 0.3) is 5.91 Å². The number of H-pyrrole nitrogens is 1. The number of likely N-dealkylation sites (tertiary alicyclic amines) is 1. The van der Waals surface area contributed by atoms with Crippen molar-refractivity contribution in [3.8, 4) is 0 Å². The zero-order chi connectivity index (χ0) is 23.2. The molecule has 172 valence electrons. The van der Waals surface area contributed by atoms with E-state index in [2.05, 4.69) is 15.2 Å². The van der Waals surface area contributed by atoms with Gasteiger partial charge in [-0.15, -0.1) is 0 Å². The lowest BCUT2D eigenvalue weighted by Crippen LogP contribution is -2.42. The lowest BCUT2D eigenvalue weighted by Gasteiger charge is -2.20. The second-order valence-corrected chi connectivity index (χ2v) is 9.00. The molecule has 1 saturated heterocycles. The first kappa shape index (κ1) is 23.2. The average molecular weight is 466 g/mol. The highest BCUT2D eigenvalue weighted by molar-refractivity contribution is 6.30. The molecular weight excluding hydrogens is 438 g/mol. The molecule has 2 aromatic carbocycles. The van der Waals surface area contributed by atoms with Gasteiger partial charge in [0.1, 0.15) is 0 Å². The number of hydrogen-bond acceptors (Lipinski definition) is 4. The molecule has 33 heavy (non-hydrogen) atoms. The van der Waals surface area contributed by atoms with Crippen molar-refractivity contribution >= 4 is 34.2 Å². The maximum Gasteiger partial charge on any atom is 0.251 e. The summed E-state index contributed by atoms with van der Waals surface area (Å²) in [5, 5.41) is 4.31. The number of halogens is 1. The molecule has 1 aliphatic rings. The Labute approximate surface area is 197 Å². The van der Waals surface area contributed by atoms with Gasteiger partial charge in [-0.05, 0) is 74.8 Å². The van der Waals surface area contributed by atoms with Crippen molar-refractivity contribution in [2.24, 2.45) is 0 Å². The molecule has 1 atom stereocenters. The minimum absolute atomic E-state index is 0.0270. The molecule has 4 rings (SSSR count). The van der Waals surface area contributed by atoms with Crippen molar-refractivity contribution < 1.29 is 9.59 Å². The molecule has 3 aromatic rings. The summed E-state index contributed by atoms with van der Waals surface area (Å²) in [6.07, 6.45) is 3.81. The summed E-state index contributed by atoms with van der Waals surface area (Å²) in [6.45, 7) is 3.06. The fourth-order valence-electron chi connectivity index (χ4n) is 4.41. The van der Waals surface area contributed by atoms with E-state index in [0.717, 1.165) is 37.0 Å². The van der Waals surface area contributed by atoms with E-state index < -0.39 is 6.04 Å². The van der Waals surface area contributed by atoms with E-state index in [4.69, 9.17) is 11.6 Å². The van der Waals surface area contributed by atoms with Gasteiger partial charge in [0.2, 0.25) is 5.56 Å². The number of carbonyl (C=O) groups excluding carboxylic acids is 2. The third kappa shape index (κ3) is 6.09. The summed E-state index contributed by atoms with van der Waals surface area (Å²) >= 11 is 5.94. The Morgan fingerprint density at radius 1 is 1.06 bits per heavy atom. The van der Waals surface area contributed by atoms with Crippen LogP contribution in [0.3, 0.4) is 0 Å². The molecule has 2 heterocycles. The number of nitrogens with one attached hydrogen (secondary N) is 2. The minimum Gasteiger partial charge on any atom is -0.342 e. The highest BCUT2D eigenvalue weighted by Crippen LogP contribution is 2.18. The number of hydrogen-bond donors (Lipinski definition) is 2. The first-order valence-corrected chi connectivity index (χ1v) is 11.8. The van der Waals surface area contributed by atoms with E-state index in [9.17, 15) is 14.4 Å². The number of aromatic amines is 1. The molecule has 1 fully saturated rings. The van der Waals surface area contributed by atoms with Crippen molar-refractivity contribution in [1.29, 1.82) is 0 Å². The maximum atomic E-state index is 13.2. The molecule has 0 saturated carbocycles. The lowest BCUT2D eigenvalue weighted by atomic mass is 9.96. The van der Waals surface area contributed by atoms with Crippen LogP contribution in [-0.2, 0) is 11.2 Å². The number of benzene rings is 2. The van der Waals surface area contributed by atoms with Crippen LogP contribution in [0.4, 0.5) is 0 Å². The van der Waals surface area contributed by atoms with Crippen LogP contribution in [-0.4, -0.2) is 47.3 Å². The number of Topliss-reactive ketones (excluding diaryl/α,β-unsaturated/α-hetero) is 1. The molecule has 0 spiro atoms. The first-order chi connectivity index (χ1) is 16.0. The molecule has 7 heteroatoms. The number of para-hydroxylation sites is 1. The van der Waals surface area contributed by atoms with E-state index in [1.807, 2.05) is 24.3 Å². The second kappa shape index (κ2) is 10.8. The third-order valence-electron chi connectivity index (χ3n) is 6.16. The molecule has 1 unspecified atom stereocenters. The Kier molecular flexibility index (Phi) is 7.57. The predicted molar refractivity (Wildman–Crippen MR) is 131 cm³/mol. The monoisotopic (exact) mass is 465 g/mol. The smallest absolute Gasteiger partial charge is 0.251 e. The van der Waals surface area contributed by atoms with E-state index in [-0.39, 0.29) is 23.7 Å². The van der Waals surface area contributed by atoms with Gasteiger partial charge < -0.3 is 15.2 Å². The Morgan fingerprint density at radius 3 is 2.55 bits per heavy atom. The van der Waals surface area contributed by atoms with E-state index in [1.165, 1.54) is 18.9 Å². The Balaban J connectivity index is 1.54. The first-order valence-electron chi connectivity index (χ1n) is 11.4. The van der Waals surface area contributed by atoms with Crippen molar-refractivity contribution in [2.45, 2.75) is 38.1 Å². The van der Waals surface area contributed by atoms with Gasteiger partial charge in [-0.25, -0.2) is 0 Å². The van der Waals surface area contributed by atoms with Gasteiger partial charge in [0.05, 0.1) is 6.04 Å². The predicted octanol–water partition coefficient (Wildman–Crippen LogP) is 3.97. The van der Waals surface area contributed by atoms with Crippen LogP contribution in [0.5, 0.6) is 0 Å². The van der Waals surface area contributed by atoms with Gasteiger partial charge >= 0.3 is 0 Å². The van der Waals surface area contributed by atoms with Crippen LogP contribution in [0, 0.1) is 0 Å². The molecule has 1 amide bonds. The normalized spacial score (nSPS) is 14.9. The summed E-state index contributed by atoms with van der Waals surface area (Å²) in [5.74, 6) is -0.362. The highest BCUT2D eigenvalue weighted by Gasteiger charge is 2.23. The zero-order valence-corrected chi connectivity index (χ0v) is 19.2.